The normalized spacial score (nSPS) is 13.2. The molecule has 6 rings (SSSR count). The second-order valence-corrected chi connectivity index (χ2v) is 12.4. The van der Waals surface area contributed by atoms with Crippen LogP contribution < -0.4 is 40.3 Å². The van der Waals surface area contributed by atoms with Crippen molar-refractivity contribution in [3.63, 3.8) is 0 Å². The quantitative estimate of drug-likeness (QED) is 0.153. The highest BCUT2D eigenvalue weighted by atomic mass is 16.5. The van der Waals surface area contributed by atoms with Gasteiger partial charge < -0.3 is 39.3 Å². The van der Waals surface area contributed by atoms with Gasteiger partial charge in [0, 0.05) is 48.2 Å². The Morgan fingerprint density at radius 2 is 1.70 bits per heavy atom. The Kier molecular flexibility index (Phi) is 10.9. The van der Waals surface area contributed by atoms with Crippen LogP contribution in [0.25, 0.3) is 33.4 Å². The van der Waals surface area contributed by atoms with Crippen molar-refractivity contribution in [1.29, 1.82) is 0 Å². The summed E-state index contributed by atoms with van der Waals surface area (Å²) in [4.78, 5) is 56.8. The number of methoxy groups -OCH3 is 4. The number of fused-ring (bicyclic) bond motifs is 4. The lowest BCUT2D eigenvalue weighted by Crippen LogP contribution is -2.29. The van der Waals surface area contributed by atoms with Gasteiger partial charge in [-0.05, 0) is 84.1 Å². The molecule has 2 aromatic heterocycles. The summed E-state index contributed by atoms with van der Waals surface area (Å²) in [6.07, 6.45) is 3.97. The average Bonchev–Trinajstić information content (AvgIpc) is 3.35. The molecule has 0 saturated heterocycles. The zero-order valence-electron chi connectivity index (χ0n) is 30.1. The van der Waals surface area contributed by atoms with Gasteiger partial charge in [-0.25, -0.2) is 0 Å². The highest BCUT2D eigenvalue weighted by Gasteiger charge is 2.31. The van der Waals surface area contributed by atoms with Gasteiger partial charge in [0.15, 0.2) is 17.1 Å². The lowest BCUT2D eigenvalue weighted by Gasteiger charge is -2.20. The maximum absolute atomic E-state index is 14.2. The summed E-state index contributed by atoms with van der Waals surface area (Å²) in [7, 11) is 6.14. The number of aromatic nitrogens is 1. The average molecular weight is 721 g/mol. The number of hydrogen-bond acceptors (Lipinski definition) is 10. The molecule has 0 aliphatic heterocycles. The number of aryl methyl sites for hydroxylation is 1. The van der Waals surface area contributed by atoms with E-state index < -0.39 is 11.5 Å². The van der Waals surface area contributed by atoms with Crippen LogP contribution in [0.2, 0.25) is 0 Å². The summed E-state index contributed by atoms with van der Waals surface area (Å²) in [6.45, 7) is 1.50. The van der Waals surface area contributed by atoms with E-state index in [1.807, 2.05) is 12.1 Å². The summed E-state index contributed by atoms with van der Waals surface area (Å²) in [5.74, 6) is 1.23. The van der Waals surface area contributed by atoms with Gasteiger partial charge in [-0.15, -0.1) is 0 Å². The van der Waals surface area contributed by atoms with Gasteiger partial charge in [-0.3, -0.25) is 24.2 Å². The largest absolute Gasteiger partial charge is 0.497 e. The zero-order valence-corrected chi connectivity index (χ0v) is 30.1. The SMILES string of the molecule is COc1ccc(-c2oc3c(=O)cc4c(cc3c2CC(=O)NCCC(=O)Nc2cccnc2)-c2c(cc(OC)c(OC)c2OC)CC[C@@H]4NC(C)=O)cc1. The van der Waals surface area contributed by atoms with Crippen LogP contribution in [0.15, 0.2) is 76.2 Å². The van der Waals surface area contributed by atoms with Crippen molar-refractivity contribution in [3.8, 4) is 45.4 Å². The molecule has 1 atom stereocenters. The van der Waals surface area contributed by atoms with E-state index in [2.05, 4.69) is 20.9 Å². The number of nitrogens with one attached hydrogen (secondary N) is 3. The number of carbonyl (C=O) groups excluding carboxylic acids is 3. The fraction of sp³-hybridized carbons (Fsp3) is 0.275. The Hall–Kier alpha value is -6.37. The van der Waals surface area contributed by atoms with Crippen molar-refractivity contribution in [2.24, 2.45) is 0 Å². The highest BCUT2D eigenvalue weighted by Crippen LogP contribution is 2.51. The molecule has 13 heteroatoms. The van der Waals surface area contributed by atoms with Crippen LogP contribution in [0.1, 0.15) is 42.5 Å². The molecule has 0 spiro atoms. The minimum atomic E-state index is -0.536. The third-order valence-corrected chi connectivity index (χ3v) is 9.10. The molecular formula is C40H40N4O9. The predicted octanol–water partition coefficient (Wildman–Crippen LogP) is 5.37. The second-order valence-electron chi connectivity index (χ2n) is 12.4. The minimum absolute atomic E-state index is 0.0255. The molecule has 3 N–H and O–H groups in total. The van der Waals surface area contributed by atoms with Gasteiger partial charge in [0.25, 0.3) is 0 Å². The Bertz CT molecular complexity index is 2230. The predicted molar refractivity (Wildman–Crippen MR) is 199 cm³/mol. The highest BCUT2D eigenvalue weighted by molar-refractivity contribution is 5.97. The Morgan fingerprint density at radius 1 is 0.925 bits per heavy atom. The summed E-state index contributed by atoms with van der Waals surface area (Å²) in [6, 6.07) is 15.2. The van der Waals surface area contributed by atoms with Crippen molar-refractivity contribution in [3.05, 3.63) is 93.9 Å². The number of rotatable bonds is 12. The monoisotopic (exact) mass is 720 g/mol. The van der Waals surface area contributed by atoms with E-state index in [-0.39, 0.29) is 42.7 Å². The number of nitrogens with zero attached hydrogens (tertiary/aromatic N) is 1. The van der Waals surface area contributed by atoms with E-state index in [4.69, 9.17) is 23.4 Å². The van der Waals surface area contributed by atoms with Crippen LogP contribution in [0.4, 0.5) is 5.69 Å². The van der Waals surface area contributed by atoms with Gasteiger partial charge in [-0.1, -0.05) is 0 Å². The first-order valence-corrected chi connectivity index (χ1v) is 17.0. The standard InChI is InChI=1S/C40H40N4O9/c1-22(45)43-31-13-10-24-17-33(50-3)39(51-4)40(52-5)36(24)28-18-29-30(20-35(48)42-16-14-34(47)44-25-7-6-15-41-21-25)37(23-8-11-26(49-2)12-9-23)53-38(29)32(46)19-27(28)31/h6-9,11-12,15,17-19,21,31H,10,13-14,16,20H2,1-5H3,(H,42,48)(H,43,45)(H,44,47)/t31-/m0/s1. The first-order valence-electron chi connectivity index (χ1n) is 17.0. The van der Waals surface area contributed by atoms with Crippen molar-refractivity contribution < 1.29 is 37.7 Å². The number of amides is 3. The first kappa shape index (κ1) is 36.4. The Labute approximate surface area is 305 Å². The maximum Gasteiger partial charge on any atom is 0.226 e. The van der Waals surface area contributed by atoms with Crippen molar-refractivity contribution in [1.82, 2.24) is 15.6 Å². The smallest absolute Gasteiger partial charge is 0.226 e. The molecule has 2 heterocycles. The molecule has 274 valence electrons. The van der Waals surface area contributed by atoms with Crippen LogP contribution in [-0.4, -0.2) is 57.7 Å². The van der Waals surface area contributed by atoms with Crippen LogP contribution >= 0.6 is 0 Å². The topological polar surface area (TPSA) is 167 Å². The van der Waals surface area contributed by atoms with Gasteiger partial charge in [0.05, 0.1) is 52.8 Å². The molecule has 0 unspecified atom stereocenters. The lowest BCUT2D eigenvalue weighted by molar-refractivity contribution is -0.121. The van der Waals surface area contributed by atoms with Gasteiger partial charge in [0.2, 0.25) is 28.9 Å². The molecule has 13 nitrogen and oxygen atoms in total. The number of furan rings is 1. The van der Waals surface area contributed by atoms with Crippen LogP contribution in [-0.2, 0) is 27.2 Å². The van der Waals surface area contributed by atoms with E-state index in [1.54, 1.807) is 56.8 Å². The number of benzene rings is 2. The molecule has 0 saturated carbocycles. The first-order chi connectivity index (χ1) is 25.6. The number of carbonyl (C=O) groups is 3. The molecule has 0 fully saturated rings. The minimum Gasteiger partial charge on any atom is -0.497 e. The molecule has 53 heavy (non-hydrogen) atoms. The fourth-order valence-electron chi connectivity index (χ4n) is 6.73. The summed E-state index contributed by atoms with van der Waals surface area (Å²) in [5, 5.41) is 9.00. The van der Waals surface area contributed by atoms with E-state index in [9.17, 15) is 19.2 Å². The van der Waals surface area contributed by atoms with E-state index >= 15 is 0 Å². The molecular weight excluding hydrogens is 680 g/mol. The third-order valence-electron chi connectivity index (χ3n) is 9.10. The second kappa shape index (κ2) is 15.9. The molecule has 0 bridgehead atoms. The van der Waals surface area contributed by atoms with Crippen molar-refractivity contribution in [2.45, 2.75) is 38.6 Å². The van der Waals surface area contributed by atoms with E-state index in [0.29, 0.717) is 80.5 Å². The zero-order chi connectivity index (χ0) is 37.6. The fourth-order valence-corrected chi connectivity index (χ4v) is 6.73. The summed E-state index contributed by atoms with van der Waals surface area (Å²) >= 11 is 0. The van der Waals surface area contributed by atoms with Gasteiger partial charge in [0.1, 0.15) is 11.5 Å². The Morgan fingerprint density at radius 3 is 2.36 bits per heavy atom. The third kappa shape index (κ3) is 7.64. The molecule has 1 aliphatic rings. The summed E-state index contributed by atoms with van der Waals surface area (Å²) in [5.41, 5.74) is 3.88. The van der Waals surface area contributed by atoms with Crippen LogP contribution in [0, 0.1) is 0 Å². The Balaban J connectivity index is 1.51. The lowest BCUT2D eigenvalue weighted by atomic mass is 9.94. The molecule has 1 aliphatic carbocycles. The number of pyridine rings is 1. The van der Waals surface area contributed by atoms with Gasteiger partial charge in [-0.2, -0.15) is 0 Å². The maximum atomic E-state index is 14.2. The molecule has 5 aromatic rings. The number of anilines is 1. The van der Waals surface area contributed by atoms with E-state index in [0.717, 1.165) is 5.56 Å². The van der Waals surface area contributed by atoms with Crippen LogP contribution in [0.3, 0.4) is 0 Å². The molecule has 3 amide bonds. The number of hydrogen-bond donors (Lipinski definition) is 3. The van der Waals surface area contributed by atoms with Crippen LogP contribution in [0.5, 0.6) is 23.0 Å². The molecule has 0 radical (unpaired) electrons. The van der Waals surface area contributed by atoms with Crippen molar-refractivity contribution in [2.75, 3.05) is 40.3 Å². The number of ether oxygens (including phenoxy) is 4. The van der Waals surface area contributed by atoms with E-state index in [1.165, 1.54) is 33.4 Å². The van der Waals surface area contributed by atoms with Crippen molar-refractivity contribution >= 4 is 34.4 Å². The summed E-state index contributed by atoms with van der Waals surface area (Å²) < 4.78 is 29.1. The molecule has 3 aromatic carbocycles. The van der Waals surface area contributed by atoms with Gasteiger partial charge >= 0.3 is 0 Å².